The van der Waals surface area contributed by atoms with Crippen LogP contribution in [0.1, 0.15) is 18.1 Å². The number of aliphatic imine (C=N–C) groups is 1. The van der Waals surface area contributed by atoms with Crippen LogP contribution in [0, 0.1) is 6.92 Å². The van der Waals surface area contributed by atoms with Crippen molar-refractivity contribution in [3.05, 3.63) is 82.9 Å². The molecule has 0 heterocycles. The fraction of sp³-hybridized carbons (Fsp3) is 0.167. The summed E-state index contributed by atoms with van der Waals surface area (Å²) in [6, 6.07) is 20.3. The lowest BCUT2D eigenvalue weighted by Gasteiger charge is -2.08. The van der Waals surface area contributed by atoms with E-state index in [1.165, 1.54) is 0 Å². The Kier molecular flexibility index (Phi) is 7.46. The average molecular weight is 423 g/mol. The molecular formula is C24H23ClN2O3. The topological polar surface area (TPSA) is 59.9 Å². The molecule has 5 nitrogen and oxygen atoms in total. The van der Waals surface area contributed by atoms with Crippen LogP contribution in [0.2, 0.25) is 5.02 Å². The first kappa shape index (κ1) is 21.4. The molecule has 1 N–H and O–H groups in total. The van der Waals surface area contributed by atoms with E-state index in [0.29, 0.717) is 23.1 Å². The van der Waals surface area contributed by atoms with Crippen molar-refractivity contribution in [1.29, 1.82) is 0 Å². The molecule has 3 aromatic rings. The third-order valence-electron chi connectivity index (χ3n) is 4.22. The molecule has 154 valence electrons. The minimum Gasteiger partial charge on any atom is -0.494 e. The van der Waals surface area contributed by atoms with Crippen LogP contribution in [0.15, 0.2) is 71.7 Å². The zero-order valence-corrected chi connectivity index (χ0v) is 17.6. The Labute approximate surface area is 181 Å². The maximum absolute atomic E-state index is 12.1. The van der Waals surface area contributed by atoms with Gasteiger partial charge in [0.05, 0.1) is 12.3 Å². The smallest absolute Gasteiger partial charge is 0.262 e. The lowest BCUT2D eigenvalue weighted by Crippen LogP contribution is -2.20. The molecular weight excluding hydrogens is 400 g/mol. The molecule has 0 fully saturated rings. The highest BCUT2D eigenvalue weighted by molar-refractivity contribution is 6.31. The van der Waals surface area contributed by atoms with E-state index in [0.717, 1.165) is 22.6 Å². The molecule has 0 aliphatic rings. The maximum atomic E-state index is 12.1. The second-order valence-corrected chi connectivity index (χ2v) is 6.96. The Bertz CT molecular complexity index is 1020. The number of nitrogens with one attached hydrogen (secondary N) is 1. The summed E-state index contributed by atoms with van der Waals surface area (Å²) in [5.41, 5.74) is 3.36. The highest BCUT2D eigenvalue weighted by atomic mass is 35.5. The third kappa shape index (κ3) is 6.36. The molecule has 0 saturated heterocycles. The molecule has 0 bridgehead atoms. The molecule has 0 unspecified atom stereocenters. The summed E-state index contributed by atoms with van der Waals surface area (Å²) in [7, 11) is 0. The number of hydrogen-bond acceptors (Lipinski definition) is 4. The number of nitrogens with zero attached hydrogens (tertiary/aromatic N) is 1. The van der Waals surface area contributed by atoms with Gasteiger partial charge in [-0.1, -0.05) is 17.7 Å². The molecule has 0 spiro atoms. The molecule has 0 aromatic heterocycles. The monoisotopic (exact) mass is 422 g/mol. The van der Waals surface area contributed by atoms with Crippen LogP contribution in [0.3, 0.4) is 0 Å². The third-order valence-corrected chi connectivity index (χ3v) is 4.62. The lowest BCUT2D eigenvalue weighted by atomic mass is 10.2. The molecule has 30 heavy (non-hydrogen) atoms. The summed E-state index contributed by atoms with van der Waals surface area (Å²) in [4.78, 5) is 16.5. The van der Waals surface area contributed by atoms with Gasteiger partial charge in [0.15, 0.2) is 6.61 Å². The molecule has 3 rings (SSSR count). The minimum atomic E-state index is -0.254. The van der Waals surface area contributed by atoms with Crippen LogP contribution in [-0.4, -0.2) is 25.3 Å². The number of anilines is 1. The van der Waals surface area contributed by atoms with E-state index in [1.807, 2.05) is 56.3 Å². The number of rotatable bonds is 8. The number of carbonyl (C=O) groups excluding carboxylic acids is 1. The average Bonchev–Trinajstić information content (AvgIpc) is 2.75. The number of hydrogen-bond donors (Lipinski definition) is 1. The van der Waals surface area contributed by atoms with E-state index in [4.69, 9.17) is 21.1 Å². The first-order valence-corrected chi connectivity index (χ1v) is 9.97. The van der Waals surface area contributed by atoms with Gasteiger partial charge in [-0.3, -0.25) is 9.79 Å². The van der Waals surface area contributed by atoms with Gasteiger partial charge in [0.25, 0.3) is 5.91 Å². The molecule has 1 amide bonds. The van der Waals surface area contributed by atoms with Crippen molar-refractivity contribution in [3.63, 3.8) is 0 Å². The molecule has 0 saturated carbocycles. The van der Waals surface area contributed by atoms with E-state index in [-0.39, 0.29) is 12.5 Å². The summed E-state index contributed by atoms with van der Waals surface area (Å²) in [5, 5.41) is 3.37. The van der Waals surface area contributed by atoms with Crippen molar-refractivity contribution >= 4 is 35.1 Å². The van der Waals surface area contributed by atoms with Crippen LogP contribution in [0.4, 0.5) is 11.4 Å². The van der Waals surface area contributed by atoms with Gasteiger partial charge in [0, 0.05) is 16.9 Å². The lowest BCUT2D eigenvalue weighted by molar-refractivity contribution is -0.118. The van der Waals surface area contributed by atoms with Crippen molar-refractivity contribution in [2.45, 2.75) is 13.8 Å². The number of benzene rings is 3. The Balaban J connectivity index is 1.50. The van der Waals surface area contributed by atoms with Crippen LogP contribution in [0.5, 0.6) is 11.5 Å². The van der Waals surface area contributed by atoms with Gasteiger partial charge in [-0.25, -0.2) is 0 Å². The van der Waals surface area contributed by atoms with Gasteiger partial charge in [-0.05, 0) is 85.6 Å². The second kappa shape index (κ2) is 10.5. The number of halogens is 1. The Morgan fingerprint density at radius 2 is 1.67 bits per heavy atom. The van der Waals surface area contributed by atoms with Crippen molar-refractivity contribution in [2.75, 3.05) is 18.5 Å². The second-order valence-electron chi connectivity index (χ2n) is 6.55. The number of aryl methyl sites for hydroxylation is 1. The van der Waals surface area contributed by atoms with Gasteiger partial charge in [-0.15, -0.1) is 0 Å². The van der Waals surface area contributed by atoms with Gasteiger partial charge < -0.3 is 14.8 Å². The van der Waals surface area contributed by atoms with E-state index in [1.54, 1.807) is 30.5 Å². The first-order valence-electron chi connectivity index (χ1n) is 9.59. The first-order chi connectivity index (χ1) is 14.5. The SMILES string of the molecule is CCOc1ccc(N=Cc2ccc(OCC(=O)Nc3ccc(C)c(Cl)c3)cc2)cc1. The predicted octanol–water partition coefficient (Wildman–Crippen LogP) is 5.82. The zero-order valence-electron chi connectivity index (χ0n) is 16.9. The quantitative estimate of drug-likeness (QED) is 0.465. The van der Waals surface area contributed by atoms with Gasteiger partial charge in [0.1, 0.15) is 11.5 Å². The van der Waals surface area contributed by atoms with E-state index >= 15 is 0 Å². The summed E-state index contributed by atoms with van der Waals surface area (Å²) >= 11 is 6.07. The Hall–Kier alpha value is -3.31. The number of ether oxygens (including phenoxy) is 2. The predicted molar refractivity (Wildman–Crippen MR) is 122 cm³/mol. The molecule has 0 aliphatic carbocycles. The van der Waals surface area contributed by atoms with Crippen molar-refractivity contribution in [1.82, 2.24) is 0 Å². The van der Waals surface area contributed by atoms with Gasteiger partial charge >= 0.3 is 0 Å². The fourth-order valence-corrected chi connectivity index (χ4v) is 2.79. The van der Waals surface area contributed by atoms with E-state index in [9.17, 15) is 4.79 Å². The Morgan fingerprint density at radius 3 is 2.33 bits per heavy atom. The molecule has 6 heteroatoms. The molecule has 0 radical (unpaired) electrons. The Morgan fingerprint density at radius 1 is 1.00 bits per heavy atom. The molecule has 0 aliphatic heterocycles. The minimum absolute atomic E-state index is 0.0922. The van der Waals surface area contributed by atoms with Gasteiger partial charge in [0.2, 0.25) is 0 Å². The van der Waals surface area contributed by atoms with Crippen molar-refractivity contribution in [3.8, 4) is 11.5 Å². The van der Waals surface area contributed by atoms with Gasteiger partial charge in [-0.2, -0.15) is 0 Å². The van der Waals surface area contributed by atoms with Crippen LogP contribution >= 0.6 is 11.6 Å². The van der Waals surface area contributed by atoms with E-state index in [2.05, 4.69) is 10.3 Å². The van der Waals surface area contributed by atoms with E-state index < -0.39 is 0 Å². The summed E-state index contributed by atoms with van der Waals surface area (Å²) in [5.74, 6) is 1.17. The van der Waals surface area contributed by atoms with Crippen LogP contribution in [0.25, 0.3) is 0 Å². The standard InChI is InChI=1S/C24H23ClN2O3/c1-3-29-21-12-8-19(9-13-21)26-15-18-5-10-22(11-6-18)30-16-24(28)27-20-7-4-17(2)23(25)14-20/h4-15H,3,16H2,1-2H3,(H,27,28). The summed E-state index contributed by atoms with van der Waals surface area (Å²) in [6.45, 7) is 4.40. The highest BCUT2D eigenvalue weighted by Gasteiger charge is 2.05. The van der Waals surface area contributed by atoms with Crippen LogP contribution < -0.4 is 14.8 Å². The number of carbonyl (C=O) groups is 1. The number of amides is 1. The van der Waals surface area contributed by atoms with Crippen molar-refractivity contribution < 1.29 is 14.3 Å². The van der Waals surface area contributed by atoms with Crippen LogP contribution in [-0.2, 0) is 4.79 Å². The largest absolute Gasteiger partial charge is 0.494 e. The summed E-state index contributed by atoms with van der Waals surface area (Å²) in [6.07, 6.45) is 1.77. The zero-order chi connectivity index (χ0) is 21.3. The normalized spacial score (nSPS) is 10.8. The maximum Gasteiger partial charge on any atom is 0.262 e. The summed E-state index contributed by atoms with van der Waals surface area (Å²) < 4.78 is 11.0. The fourth-order valence-electron chi connectivity index (χ4n) is 2.61. The molecule has 0 atom stereocenters. The van der Waals surface area contributed by atoms with Crippen molar-refractivity contribution in [2.24, 2.45) is 4.99 Å². The highest BCUT2D eigenvalue weighted by Crippen LogP contribution is 2.20. The molecule has 3 aromatic carbocycles.